The Morgan fingerprint density at radius 1 is 1.53 bits per heavy atom. The maximum Gasteiger partial charge on any atom is 0.341 e. The van der Waals surface area contributed by atoms with E-state index in [1.54, 1.807) is 13.0 Å². The number of esters is 1. The Morgan fingerprint density at radius 3 is 2.65 bits per heavy atom. The zero-order valence-electron chi connectivity index (χ0n) is 9.87. The second kappa shape index (κ2) is 5.13. The van der Waals surface area contributed by atoms with Crippen LogP contribution in [0.2, 0.25) is 0 Å². The summed E-state index contributed by atoms with van der Waals surface area (Å²) < 4.78 is 28.8. The van der Waals surface area contributed by atoms with Gasteiger partial charge in [-0.1, -0.05) is 0 Å². The maximum absolute atomic E-state index is 11.6. The molecule has 0 aliphatic heterocycles. The van der Waals surface area contributed by atoms with E-state index in [1.165, 1.54) is 19.4 Å². The van der Waals surface area contributed by atoms with Gasteiger partial charge in [-0.3, -0.25) is 4.31 Å². The molecule has 0 saturated heterocycles. The summed E-state index contributed by atoms with van der Waals surface area (Å²) in [5.74, 6) is -0.528. The van der Waals surface area contributed by atoms with E-state index >= 15 is 0 Å². The van der Waals surface area contributed by atoms with Gasteiger partial charge < -0.3 is 4.74 Å². The van der Waals surface area contributed by atoms with E-state index in [0.29, 0.717) is 0 Å². The Kier molecular flexibility index (Phi) is 4.06. The van der Waals surface area contributed by atoms with Crippen LogP contribution in [0.1, 0.15) is 17.3 Å². The summed E-state index contributed by atoms with van der Waals surface area (Å²) >= 11 is 0. The van der Waals surface area contributed by atoms with Crippen molar-refractivity contribution < 1.29 is 17.9 Å². The number of hydrogen-bond donors (Lipinski definition) is 0. The molecular formula is C10H14N2O4S. The highest BCUT2D eigenvalue weighted by atomic mass is 32.2. The van der Waals surface area contributed by atoms with Crippen LogP contribution in [0.5, 0.6) is 0 Å². The van der Waals surface area contributed by atoms with Gasteiger partial charge >= 0.3 is 5.97 Å². The van der Waals surface area contributed by atoms with Crippen molar-refractivity contribution in [1.29, 1.82) is 0 Å². The van der Waals surface area contributed by atoms with Crippen molar-refractivity contribution in [3.8, 4) is 0 Å². The SMILES string of the molecule is CCN(c1ncccc1C(=O)OC)S(C)(=O)=O. The lowest BCUT2D eigenvalue weighted by atomic mass is 10.2. The zero-order valence-corrected chi connectivity index (χ0v) is 10.7. The summed E-state index contributed by atoms with van der Waals surface area (Å²) in [6.45, 7) is 1.86. The largest absolute Gasteiger partial charge is 0.465 e. The molecular weight excluding hydrogens is 244 g/mol. The first-order valence-electron chi connectivity index (χ1n) is 4.92. The third-order valence-electron chi connectivity index (χ3n) is 2.12. The molecule has 0 N–H and O–H groups in total. The predicted octanol–water partition coefficient (Wildman–Crippen LogP) is 0.654. The minimum absolute atomic E-state index is 0.0874. The topological polar surface area (TPSA) is 76.6 Å². The lowest BCUT2D eigenvalue weighted by Gasteiger charge is -2.20. The lowest BCUT2D eigenvalue weighted by Crippen LogP contribution is -2.31. The maximum atomic E-state index is 11.6. The molecule has 1 aromatic rings. The van der Waals surface area contributed by atoms with Crippen molar-refractivity contribution >= 4 is 21.8 Å². The zero-order chi connectivity index (χ0) is 13.1. The Bertz CT molecular complexity index is 513. The molecule has 0 unspecified atom stereocenters. The molecule has 0 spiro atoms. The molecule has 1 heterocycles. The number of sulfonamides is 1. The van der Waals surface area contributed by atoms with E-state index in [4.69, 9.17) is 0 Å². The van der Waals surface area contributed by atoms with Gasteiger partial charge in [0.05, 0.1) is 13.4 Å². The van der Waals surface area contributed by atoms with Gasteiger partial charge in [-0.25, -0.2) is 18.2 Å². The first kappa shape index (κ1) is 13.4. The molecule has 0 aromatic carbocycles. The molecule has 0 atom stereocenters. The van der Waals surface area contributed by atoms with E-state index in [2.05, 4.69) is 9.72 Å². The van der Waals surface area contributed by atoms with Crippen LogP contribution in [0.15, 0.2) is 18.3 Å². The van der Waals surface area contributed by atoms with Crippen LogP contribution in [0.4, 0.5) is 5.82 Å². The Morgan fingerprint density at radius 2 is 2.18 bits per heavy atom. The Labute approximate surface area is 100 Å². The van der Waals surface area contributed by atoms with E-state index < -0.39 is 16.0 Å². The monoisotopic (exact) mass is 258 g/mol. The van der Waals surface area contributed by atoms with E-state index in [9.17, 15) is 13.2 Å². The highest BCUT2D eigenvalue weighted by molar-refractivity contribution is 7.92. The van der Waals surface area contributed by atoms with Crippen LogP contribution >= 0.6 is 0 Å². The van der Waals surface area contributed by atoms with Crippen LogP contribution in [0, 0.1) is 0 Å². The van der Waals surface area contributed by atoms with E-state index in [-0.39, 0.29) is 17.9 Å². The summed E-state index contributed by atoms with van der Waals surface area (Å²) in [7, 11) is -2.24. The first-order chi connectivity index (χ1) is 7.91. The molecule has 1 aromatic heterocycles. The number of anilines is 1. The lowest BCUT2D eigenvalue weighted by molar-refractivity contribution is 0.0601. The minimum atomic E-state index is -3.47. The summed E-state index contributed by atoms with van der Waals surface area (Å²) in [5.41, 5.74) is 0.127. The molecule has 0 saturated carbocycles. The highest BCUT2D eigenvalue weighted by Crippen LogP contribution is 2.20. The summed E-state index contributed by atoms with van der Waals surface area (Å²) in [5, 5.41) is 0. The summed E-state index contributed by atoms with van der Waals surface area (Å²) in [6.07, 6.45) is 2.49. The molecule has 0 aliphatic carbocycles. The molecule has 0 fully saturated rings. The second-order valence-corrected chi connectivity index (χ2v) is 5.20. The van der Waals surface area contributed by atoms with Crippen LogP contribution in [-0.2, 0) is 14.8 Å². The van der Waals surface area contributed by atoms with Crippen LogP contribution in [0.3, 0.4) is 0 Å². The third-order valence-corrected chi connectivity index (χ3v) is 3.35. The number of pyridine rings is 1. The van der Waals surface area contributed by atoms with Gasteiger partial charge in [0.1, 0.15) is 5.56 Å². The van der Waals surface area contributed by atoms with Gasteiger partial charge in [0.2, 0.25) is 10.0 Å². The molecule has 94 valence electrons. The van der Waals surface area contributed by atoms with Gasteiger partial charge in [-0.05, 0) is 19.1 Å². The van der Waals surface area contributed by atoms with E-state index in [1.807, 2.05) is 0 Å². The van der Waals surface area contributed by atoms with Crippen molar-refractivity contribution in [3.63, 3.8) is 0 Å². The Balaban J connectivity index is 3.35. The fraction of sp³-hybridized carbons (Fsp3) is 0.400. The number of nitrogens with zero attached hydrogens (tertiary/aromatic N) is 2. The number of carbonyl (C=O) groups is 1. The molecule has 0 aliphatic rings. The number of ether oxygens (including phenoxy) is 1. The summed E-state index contributed by atoms with van der Waals surface area (Å²) in [4.78, 5) is 15.4. The fourth-order valence-electron chi connectivity index (χ4n) is 1.41. The van der Waals surface area contributed by atoms with Gasteiger partial charge in [0.25, 0.3) is 0 Å². The normalized spacial score (nSPS) is 11.0. The minimum Gasteiger partial charge on any atom is -0.465 e. The van der Waals surface area contributed by atoms with Crippen LogP contribution < -0.4 is 4.31 Å². The third kappa shape index (κ3) is 2.94. The number of carbonyl (C=O) groups excluding carboxylic acids is 1. The molecule has 0 radical (unpaired) electrons. The van der Waals surface area contributed by atoms with Crippen molar-refractivity contribution in [2.45, 2.75) is 6.92 Å². The van der Waals surface area contributed by atoms with Crippen molar-refractivity contribution in [3.05, 3.63) is 23.9 Å². The van der Waals surface area contributed by atoms with Crippen molar-refractivity contribution in [2.24, 2.45) is 0 Å². The molecule has 0 bridgehead atoms. The smallest absolute Gasteiger partial charge is 0.341 e. The average molecular weight is 258 g/mol. The fourth-order valence-corrected chi connectivity index (χ4v) is 2.33. The van der Waals surface area contributed by atoms with Crippen LogP contribution in [0.25, 0.3) is 0 Å². The molecule has 17 heavy (non-hydrogen) atoms. The molecule has 7 heteroatoms. The summed E-state index contributed by atoms with van der Waals surface area (Å²) in [6, 6.07) is 3.02. The van der Waals surface area contributed by atoms with Crippen LogP contribution in [-0.4, -0.2) is 39.3 Å². The van der Waals surface area contributed by atoms with Crippen molar-refractivity contribution in [1.82, 2.24) is 4.98 Å². The molecule has 1 rings (SSSR count). The Hall–Kier alpha value is -1.63. The molecule has 6 nitrogen and oxygen atoms in total. The van der Waals surface area contributed by atoms with Crippen molar-refractivity contribution in [2.75, 3.05) is 24.2 Å². The number of methoxy groups -OCH3 is 1. The number of rotatable bonds is 4. The number of hydrogen-bond acceptors (Lipinski definition) is 5. The van der Waals surface area contributed by atoms with Gasteiger partial charge in [0.15, 0.2) is 5.82 Å². The molecule has 0 amide bonds. The average Bonchev–Trinajstić information content (AvgIpc) is 2.28. The first-order valence-corrected chi connectivity index (χ1v) is 6.77. The van der Waals surface area contributed by atoms with Gasteiger partial charge in [-0.15, -0.1) is 0 Å². The van der Waals surface area contributed by atoms with Gasteiger partial charge in [-0.2, -0.15) is 0 Å². The standard InChI is InChI=1S/C10H14N2O4S/c1-4-12(17(3,14)15)9-8(10(13)16-2)6-5-7-11-9/h5-7H,4H2,1-3H3. The predicted molar refractivity (Wildman–Crippen MR) is 63.4 cm³/mol. The number of aromatic nitrogens is 1. The van der Waals surface area contributed by atoms with E-state index in [0.717, 1.165) is 10.6 Å². The quantitative estimate of drug-likeness (QED) is 0.741. The highest BCUT2D eigenvalue weighted by Gasteiger charge is 2.23. The second-order valence-electron chi connectivity index (χ2n) is 3.29. The van der Waals surface area contributed by atoms with Gasteiger partial charge in [0, 0.05) is 12.7 Å².